The number of halogens is 2. The van der Waals surface area contributed by atoms with Crippen molar-refractivity contribution in [2.75, 3.05) is 7.11 Å². The normalized spacial score (nSPS) is 12.9. The van der Waals surface area contributed by atoms with Gasteiger partial charge in [0.25, 0.3) is 0 Å². The van der Waals surface area contributed by atoms with Crippen molar-refractivity contribution >= 4 is 5.97 Å². The first-order chi connectivity index (χ1) is 11.2. The van der Waals surface area contributed by atoms with Gasteiger partial charge in [-0.3, -0.25) is 5.32 Å². The summed E-state index contributed by atoms with van der Waals surface area (Å²) in [4.78, 5) is 16.1. The van der Waals surface area contributed by atoms with E-state index >= 15 is 0 Å². The summed E-state index contributed by atoms with van der Waals surface area (Å²) in [5.74, 6) is -1.06. The molecule has 2 rings (SSSR count). The summed E-state index contributed by atoms with van der Waals surface area (Å²) in [6, 6.07) is 1.73. The lowest BCUT2D eigenvalue weighted by molar-refractivity contribution is -0.143. The van der Waals surface area contributed by atoms with E-state index in [1.165, 1.54) is 7.11 Å². The third kappa shape index (κ3) is 4.17. The van der Waals surface area contributed by atoms with Crippen LogP contribution < -0.4 is 5.32 Å². The number of benzene rings is 1. The second kappa shape index (κ2) is 7.09. The van der Waals surface area contributed by atoms with E-state index in [9.17, 15) is 13.6 Å². The first kappa shape index (κ1) is 18.1. The van der Waals surface area contributed by atoms with Gasteiger partial charge in [0.05, 0.1) is 19.9 Å². The molecule has 0 saturated carbocycles. The molecule has 0 spiro atoms. The molecule has 1 aromatic heterocycles. The highest BCUT2D eigenvalue weighted by molar-refractivity contribution is 5.77. The van der Waals surface area contributed by atoms with Crippen molar-refractivity contribution in [3.63, 3.8) is 0 Å². The van der Waals surface area contributed by atoms with Crippen molar-refractivity contribution in [1.29, 1.82) is 0 Å². The third-order valence-corrected chi connectivity index (χ3v) is 3.46. The van der Waals surface area contributed by atoms with E-state index in [4.69, 9.17) is 4.42 Å². The number of nitrogens with one attached hydrogen (secondary N) is 1. The van der Waals surface area contributed by atoms with Crippen LogP contribution in [-0.4, -0.2) is 18.1 Å². The van der Waals surface area contributed by atoms with Crippen LogP contribution in [0.2, 0.25) is 0 Å². The molecule has 0 radical (unpaired) electrons. The number of carbonyl (C=O) groups excluding carboxylic acids is 1. The van der Waals surface area contributed by atoms with Gasteiger partial charge < -0.3 is 9.15 Å². The highest BCUT2D eigenvalue weighted by atomic mass is 19.1. The van der Waals surface area contributed by atoms with Gasteiger partial charge in [0, 0.05) is 11.0 Å². The van der Waals surface area contributed by atoms with E-state index in [1.807, 2.05) is 20.8 Å². The molecule has 1 heterocycles. The maximum atomic E-state index is 13.9. The molecular weight excluding hydrogens is 318 g/mol. The molecule has 1 N–H and O–H groups in total. The molecule has 0 aliphatic carbocycles. The van der Waals surface area contributed by atoms with Crippen LogP contribution in [0, 0.1) is 11.6 Å². The highest BCUT2D eigenvalue weighted by Gasteiger charge is 2.26. The Balaban J connectivity index is 2.20. The van der Waals surface area contributed by atoms with Gasteiger partial charge in [-0.15, -0.1) is 0 Å². The summed E-state index contributed by atoms with van der Waals surface area (Å²) >= 11 is 0. The van der Waals surface area contributed by atoms with E-state index in [0.29, 0.717) is 11.7 Å². The Morgan fingerprint density at radius 2 is 2.08 bits per heavy atom. The number of oxazole rings is 1. The van der Waals surface area contributed by atoms with Crippen LogP contribution in [0.3, 0.4) is 0 Å². The Labute approximate surface area is 139 Å². The molecule has 0 amide bonds. The second-order valence-electron chi connectivity index (χ2n) is 6.37. The first-order valence-electron chi connectivity index (χ1n) is 7.43. The van der Waals surface area contributed by atoms with Crippen LogP contribution in [-0.2, 0) is 21.5 Å². The molecule has 2 aromatic rings. The quantitative estimate of drug-likeness (QED) is 0.848. The fourth-order valence-electron chi connectivity index (χ4n) is 2.10. The number of rotatable bonds is 5. The summed E-state index contributed by atoms with van der Waals surface area (Å²) in [7, 11) is 1.18. The number of aromatic nitrogens is 1. The summed E-state index contributed by atoms with van der Waals surface area (Å²) in [6.07, 6.45) is 1.60. The minimum atomic E-state index is -1.17. The Morgan fingerprint density at radius 1 is 1.38 bits per heavy atom. The number of hydrogen-bond acceptors (Lipinski definition) is 5. The fraction of sp³-hybridized carbons (Fsp3) is 0.412. The van der Waals surface area contributed by atoms with Crippen LogP contribution in [0.4, 0.5) is 8.78 Å². The smallest absolute Gasteiger partial charge is 0.327 e. The predicted molar refractivity (Wildman–Crippen MR) is 83.2 cm³/mol. The van der Waals surface area contributed by atoms with Crippen LogP contribution in [0.5, 0.6) is 0 Å². The number of methoxy groups -OCH3 is 1. The van der Waals surface area contributed by atoms with E-state index in [-0.39, 0.29) is 17.5 Å². The molecule has 130 valence electrons. The molecule has 0 bridgehead atoms. The number of nitrogens with zero attached hydrogens (tertiary/aromatic N) is 1. The van der Waals surface area contributed by atoms with Crippen molar-refractivity contribution in [2.45, 2.75) is 38.8 Å². The maximum Gasteiger partial charge on any atom is 0.327 e. The van der Waals surface area contributed by atoms with Gasteiger partial charge in [-0.25, -0.2) is 18.6 Å². The van der Waals surface area contributed by atoms with Crippen molar-refractivity contribution in [1.82, 2.24) is 10.3 Å². The molecule has 1 atom stereocenters. The summed E-state index contributed by atoms with van der Waals surface area (Å²) in [5.41, 5.74) is -0.341. The third-order valence-electron chi connectivity index (χ3n) is 3.46. The van der Waals surface area contributed by atoms with E-state index in [1.54, 1.807) is 6.20 Å². The minimum Gasteiger partial charge on any atom is -0.468 e. The lowest BCUT2D eigenvalue weighted by Crippen LogP contribution is -2.30. The molecule has 24 heavy (non-hydrogen) atoms. The molecule has 0 unspecified atom stereocenters. The van der Waals surface area contributed by atoms with Gasteiger partial charge in [0.2, 0.25) is 5.89 Å². The Kier molecular flexibility index (Phi) is 5.33. The number of hydrogen-bond donors (Lipinski definition) is 1. The molecular formula is C17H20F2N2O3. The van der Waals surface area contributed by atoms with Crippen LogP contribution in [0.1, 0.15) is 44.0 Å². The van der Waals surface area contributed by atoms with Crippen molar-refractivity contribution in [3.8, 4) is 0 Å². The number of carbonyl (C=O) groups is 1. The summed E-state index contributed by atoms with van der Waals surface area (Å²) in [5, 5.41) is 2.80. The first-order valence-corrected chi connectivity index (χ1v) is 7.43. The molecule has 7 heteroatoms. The van der Waals surface area contributed by atoms with E-state index in [0.717, 1.165) is 18.2 Å². The van der Waals surface area contributed by atoms with Crippen molar-refractivity contribution < 1.29 is 22.7 Å². The zero-order valence-electron chi connectivity index (χ0n) is 14.0. The standard InChI is InChI=1S/C17H20F2N2O3/c1-17(2,3)13-8-20-14(24-13)9-21-15(16(22)23-4)11-7-10(18)5-6-12(11)19/h5-8,15,21H,9H2,1-4H3/t15-/m0/s1. The van der Waals surface area contributed by atoms with Gasteiger partial charge in [0.1, 0.15) is 23.4 Å². The van der Waals surface area contributed by atoms with Gasteiger partial charge >= 0.3 is 5.97 Å². The summed E-state index contributed by atoms with van der Waals surface area (Å²) < 4.78 is 37.6. The van der Waals surface area contributed by atoms with Gasteiger partial charge in [-0.2, -0.15) is 0 Å². The van der Waals surface area contributed by atoms with E-state index < -0.39 is 23.6 Å². The molecule has 5 nitrogen and oxygen atoms in total. The second-order valence-corrected chi connectivity index (χ2v) is 6.37. The number of ether oxygens (including phenoxy) is 1. The van der Waals surface area contributed by atoms with Crippen molar-refractivity contribution in [2.24, 2.45) is 0 Å². The zero-order chi connectivity index (χ0) is 17.9. The average Bonchev–Trinajstić information content (AvgIpc) is 2.99. The van der Waals surface area contributed by atoms with Gasteiger partial charge in [-0.05, 0) is 18.2 Å². The predicted octanol–water partition coefficient (Wildman–Crippen LogP) is 3.25. The largest absolute Gasteiger partial charge is 0.468 e. The Morgan fingerprint density at radius 3 is 2.67 bits per heavy atom. The Bertz CT molecular complexity index is 723. The van der Waals surface area contributed by atoms with Crippen LogP contribution in [0.25, 0.3) is 0 Å². The topological polar surface area (TPSA) is 64.4 Å². The SMILES string of the molecule is COC(=O)[C@@H](NCc1ncc(C(C)(C)C)o1)c1cc(F)ccc1F. The average molecular weight is 338 g/mol. The summed E-state index contributed by atoms with van der Waals surface area (Å²) in [6.45, 7) is 5.99. The molecule has 0 saturated heterocycles. The lowest BCUT2D eigenvalue weighted by atomic mass is 9.94. The van der Waals surface area contributed by atoms with E-state index in [2.05, 4.69) is 15.0 Å². The Hall–Kier alpha value is -2.28. The monoisotopic (exact) mass is 338 g/mol. The fourth-order valence-corrected chi connectivity index (χ4v) is 2.10. The minimum absolute atomic E-state index is 0.0613. The lowest BCUT2D eigenvalue weighted by Gasteiger charge is -2.17. The molecule has 0 fully saturated rings. The van der Waals surface area contributed by atoms with Crippen LogP contribution >= 0.6 is 0 Å². The van der Waals surface area contributed by atoms with Crippen molar-refractivity contribution in [3.05, 3.63) is 53.2 Å². The van der Waals surface area contributed by atoms with Crippen LogP contribution in [0.15, 0.2) is 28.8 Å². The molecule has 0 aliphatic rings. The molecule has 0 aliphatic heterocycles. The maximum absolute atomic E-state index is 13.9. The van der Waals surface area contributed by atoms with Gasteiger partial charge in [-0.1, -0.05) is 20.8 Å². The van der Waals surface area contributed by atoms with Gasteiger partial charge in [0.15, 0.2) is 0 Å². The highest BCUT2D eigenvalue weighted by Crippen LogP contribution is 2.24. The number of esters is 1. The molecule has 1 aromatic carbocycles. The zero-order valence-corrected chi connectivity index (χ0v) is 14.0.